The van der Waals surface area contributed by atoms with E-state index in [1.807, 2.05) is 0 Å². The van der Waals surface area contributed by atoms with Crippen molar-refractivity contribution in [2.24, 2.45) is 0 Å². The van der Waals surface area contributed by atoms with E-state index < -0.39 is 0 Å². The van der Waals surface area contributed by atoms with Crippen molar-refractivity contribution < 1.29 is 0 Å². The Morgan fingerprint density at radius 2 is 0.500 bits per heavy atom. The maximum atomic E-state index is 2.48. The molecule has 0 atom stereocenters. The highest BCUT2D eigenvalue weighted by atomic mass is 14.2. The molecule has 4 aliphatic carbocycles. The molecule has 8 aromatic rings. The fourth-order valence-electron chi connectivity index (χ4n) is 8.13. The average molecular weight is 665 g/mol. The molecule has 0 fully saturated rings. The van der Waals surface area contributed by atoms with Gasteiger partial charge >= 0.3 is 0 Å². The van der Waals surface area contributed by atoms with Crippen molar-refractivity contribution in [1.82, 2.24) is 0 Å². The minimum absolute atomic E-state index is 0.958. The van der Waals surface area contributed by atoms with Crippen molar-refractivity contribution in [2.75, 3.05) is 0 Å². The standard InChI is InChI=1S/C52H40/c1-3-15-39(16-4-1)43-19-7-9-21-45(43)47-23-11-13-25-49(47)51-35-37-27-28-38-30-32-42(34-33-41(51)31-29-37)52(36-38)50-26-14-12-24-48(50)46-22-10-8-20-44(46)40-17-5-2-6-18-40/h1-26,29-32,35-36H,27-28,33-34H2. The van der Waals surface area contributed by atoms with Gasteiger partial charge in [-0.15, -0.1) is 0 Å². The molecule has 0 aromatic heterocycles. The van der Waals surface area contributed by atoms with Crippen molar-refractivity contribution in [2.45, 2.75) is 25.7 Å². The lowest BCUT2D eigenvalue weighted by Gasteiger charge is -2.21. The second kappa shape index (κ2) is 14.2. The lowest BCUT2D eigenvalue weighted by Crippen LogP contribution is -2.03. The van der Waals surface area contributed by atoms with E-state index in [-0.39, 0.29) is 0 Å². The van der Waals surface area contributed by atoms with Crippen LogP contribution in [0.2, 0.25) is 0 Å². The summed E-state index contributed by atoms with van der Waals surface area (Å²) in [7, 11) is 0. The van der Waals surface area contributed by atoms with Gasteiger partial charge in [0.25, 0.3) is 0 Å². The van der Waals surface area contributed by atoms with E-state index in [2.05, 4.69) is 194 Å². The van der Waals surface area contributed by atoms with Crippen molar-refractivity contribution in [3.63, 3.8) is 0 Å². The smallest absolute Gasteiger partial charge is 0.00991 e. The average Bonchev–Trinajstić information content (AvgIpc) is 3.22. The van der Waals surface area contributed by atoms with Crippen LogP contribution in [-0.2, 0) is 25.7 Å². The first-order valence-electron chi connectivity index (χ1n) is 18.5. The number of hydrogen-bond acceptors (Lipinski definition) is 0. The maximum Gasteiger partial charge on any atom is -0.00991 e. The van der Waals surface area contributed by atoms with Crippen LogP contribution in [0.25, 0.3) is 66.8 Å². The third kappa shape index (κ3) is 6.18. The molecule has 0 heteroatoms. The Morgan fingerprint density at radius 1 is 0.212 bits per heavy atom. The molecular weight excluding hydrogens is 625 g/mol. The van der Waals surface area contributed by atoms with Crippen LogP contribution in [0.3, 0.4) is 0 Å². The Kier molecular flexibility index (Phi) is 8.65. The van der Waals surface area contributed by atoms with Gasteiger partial charge in [0.05, 0.1) is 0 Å². The number of hydrogen-bond donors (Lipinski definition) is 0. The van der Waals surface area contributed by atoms with Gasteiger partial charge in [-0.05, 0) is 115 Å². The Bertz CT molecular complexity index is 2330. The molecule has 0 saturated heterocycles. The normalized spacial score (nSPS) is 12.3. The van der Waals surface area contributed by atoms with Crippen LogP contribution in [0.15, 0.2) is 194 Å². The molecule has 0 saturated carbocycles. The molecule has 12 rings (SSSR count). The van der Waals surface area contributed by atoms with Gasteiger partial charge in [-0.1, -0.05) is 194 Å². The van der Waals surface area contributed by atoms with Crippen molar-refractivity contribution in [1.29, 1.82) is 0 Å². The van der Waals surface area contributed by atoms with Crippen LogP contribution in [-0.4, -0.2) is 0 Å². The molecule has 0 spiro atoms. The lowest BCUT2D eigenvalue weighted by atomic mass is 9.83. The van der Waals surface area contributed by atoms with Gasteiger partial charge in [0.2, 0.25) is 0 Å². The third-order valence-corrected chi connectivity index (χ3v) is 10.8. The lowest BCUT2D eigenvalue weighted by molar-refractivity contribution is 0.925. The molecule has 52 heavy (non-hydrogen) atoms. The second-order valence-corrected chi connectivity index (χ2v) is 13.9. The molecule has 248 valence electrons. The molecule has 0 N–H and O–H groups in total. The van der Waals surface area contributed by atoms with Crippen molar-refractivity contribution in [3.8, 4) is 66.8 Å². The summed E-state index contributed by atoms with van der Waals surface area (Å²) in [6, 6.07) is 71.8. The quantitative estimate of drug-likeness (QED) is 0.166. The van der Waals surface area contributed by atoms with Gasteiger partial charge < -0.3 is 0 Å². The van der Waals surface area contributed by atoms with Gasteiger partial charge in [-0.2, -0.15) is 0 Å². The molecule has 8 aromatic carbocycles. The summed E-state index contributed by atoms with van der Waals surface area (Å²) in [5.41, 5.74) is 21.0. The molecule has 0 aliphatic heterocycles. The highest BCUT2D eigenvalue weighted by molar-refractivity contribution is 5.94. The van der Waals surface area contributed by atoms with E-state index in [0.717, 1.165) is 25.7 Å². The molecule has 0 unspecified atom stereocenters. The van der Waals surface area contributed by atoms with Crippen LogP contribution < -0.4 is 0 Å². The zero-order valence-corrected chi connectivity index (χ0v) is 29.3. The first-order valence-corrected chi connectivity index (χ1v) is 18.5. The summed E-state index contributed by atoms with van der Waals surface area (Å²) in [5.74, 6) is 0. The van der Waals surface area contributed by atoms with E-state index in [4.69, 9.17) is 0 Å². The summed E-state index contributed by atoms with van der Waals surface area (Å²) in [6.07, 6.45) is 3.90. The van der Waals surface area contributed by atoms with E-state index in [9.17, 15) is 0 Å². The van der Waals surface area contributed by atoms with Gasteiger partial charge in [0.15, 0.2) is 0 Å². The van der Waals surface area contributed by atoms with Crippen molar-refractivity contribution >= 4 is 0 Å². The van der Waals surface area contributed by atoms with Gasteiger partial charge in [-0.25, -0.2) is 0 Å². The molecule has 0 heterocycles. The van der Waals surface area contributed by atoms with Crippen LogP contribution in [0.1, 0.15) is 22.3 Å². The molecule has 4 aliphatic rings. The Morgan fingerprint density at radius 3 is 0.865 bits per heavy atom. The molecule has 4 bridgehead atoms. The van der Waals surface area contributed by atoms with Gasteiger partial charge in [0.1, 0.15) is 0 Å². The second-order valence-electron chi connectivity index (χ2n) is 13.9. The summed E-state index contributed by atoms with van der Waals surface area (Å²) in [4.78, 5) is 0. The van der Waals surface area contributed by atoms with Crippen LogP contribution in [0.4, 0.5) is 0 Å². The highest BCUT2D eigenvalue weighted by Crippen LogP contribution is 2.42. The minimum Gasteiger partial charge on any atom is -0.0622 e. The monoisotopic (exact) mass is 664 g/mol. The van der Waals surface area contributed by atoms with Crippen LogP contribution >= 0.6 is 0 Å². The molecule has 0 nitrogen and oxygen atoms in total. The highest BCUT2D eigenvalue weighted by Gasteiger charge is 2.19. The summed E-state index contributed by atoms with van der Waals surface area (Å²) >= 11 is 0. The fourth-order valence-corrected chi connectivity index (χ4v) is 8.13. The maximum absolute atomic E-state index is 2.48. The summed E-state index contributed by atoms with van der Waals surface area (Å²) in [5, 5.41) is 0. The SMILES string of the molecule is c1ccc(-c2ccccc2-c2ccccc2-c2cc3ccc2CCc2ccc(cc2-c2ccccc2-c2ccccc2-c2ccccc2)CC3)cc1. The zero-order chi connectivity index (χ0) is 34.7. The fraction of sp³-hybridized carbons (Fsp3) is 0.0769. The predicted octanol–water partition coefficient (Wildman–Crippen LogP) is 13.6. The Balaban J connectivity index is 1.14. The number of rotatable bonds is 6. The number of aryl methyl sites for hydroxylation is 4. The third-order valence-electron chi connectivity index (χ3n) is 10.8. The minimum atomic E-state index is 0.958. The zero-order valence-electron chi connectivity index (χ0n) is 29.3. The topological polar surface area (TPSA) is 0 Å². The first-order chi connectivity index (χ1) is 25.8. The Hall–Kier alpha value is -6.24. The van der Waals surface area contributed by atoms with Gasteiger partial charge in [-0.3, -0.25) is 0 Å². The van der Waals surface area contributed by atoms with Crippen LogP contribution in [0.5, 0.6) is 0 Å². The molecule has 0 radical (unpaired) electrons. The van der Waals surface area contributed by atoms with E-state index in [0.29, 0.717) is 0 Å². The first kappa shape index (κ1) is 31.7. The molecular formula is C52H40. The Labute approximate surface area is 307 Å². The largest absolute Gasteiger partial charge is 0.0622 e. The summed E-state index contributed by atoms with van der Waals surface area (Å²) in [6.45, 7) is 0. The summed E-state index contributed by atoms with van der Waals surface area (Å²) < 4.78 is 0. The van der Waals surface area contributed by atoms with Crippen molar-refractivity contribution in [3.05, 3.63) is 216 Å². The van der Waals surface area contributed by atoms with E-state index >= 15 is 0 Å². The van der Waals surface area contributed by atoms with E-state index in [1.165, 1.54) is 89.0 Å². The number of benzene rings is 8. The van der Waals surface area contributed by atoms with E-state index in [1.54, 1.807) is 0 Å². The van der Waals surface area contributed by atoms with Gasteiger partial charge in [0, 0.05) is 0 Å². The molecule has 0 amide bonds. The predicted molar refractivity (Wildman–Crippen MR) is 220 cm³/mol. The van der Waals surface area contributed by atoms with Crippen LogP contribution in [0, 0.1) is 0 Å².